The van der Waals surface area contributed by atoms with Crippen LogP contribution in [-0.2, 0) is 6.54 Å². The molecule has 27 heavy (non-hydrogen) atoms. The molecule has 1 N–H and O–H groups in total. The van der Waals surface area contributed by atoms with Crippen molar-refractivity contribution in [3.8, 4) is 0 Å². The Labute approximate surface area is 175 Å². The Morgan fingerprint density at radius 2 is 1.63 bits per heavy atom. The van der Waals surface area contributed by atoms with Crippen LogP contribution < -0.4 is 5.32 Å². The van der Waals surface area contributed by atoms with Crippen LogP contribution in [0.15, 0.2) is 24.3 Å². The van der Waals surface area contributed by atoms with Gasteiger partial charge in [-0.2, -0.15) is 0 Å². The molecule has 0 aliphatic carbocycles. The molecule has 3 heterocycles. The highest BCUT2D eigenvalue weighted by Crippen LogP contribution is 2.22. The second-order valence-corrected chi connectivity index (χ2v) is 7.95. The molecule has 7 heteroatoms. The van der Waals surface area contributed by atoms with Crippen molar-refractivity contribution >= 4 is 30.7 Å². The summed E-state index contributed by atoms with van der Waals surface area (Å²) < 4.78 is 0. The molecule has 2 bridgehead atoms. The summed E-state index contributed by atoms with van der Waals surface area (Å²) in [6.45, 7) is 7.26. The summed E-state index contributed by atoms with van der Waals surface area (Å²) in [7, 11) is 2.18. The zero-order chi connectivity index (χ0) is 17.2. The van der Waals surface area contributed by atoms with E-state index < -0.39 is 0 Å². The van der Waals surface area contributed by atoms with Gasteiger partial charge >= 0.3 is 0 Å². The molecule has 0 saturated carbocycles. The molecule has 1 amide bonds. The molecule has 152 valence electrons. The van der Waals surface area contributed by atoms with E-state index in [0.29, 0.717) is 12.1 Å². The summed E-state index contributed by atoms with van der Waals surface area (Å²) in [5.74, 6) is 0.195. The van der Waals surface area contributed by atoms with Crippen LogP contribution in [0.2, 0.25) is 0 Å². The van der Waals surface area contributed by atoms with Crippen molar-refractivity contribution in [2.75, 3.05) is 46.3 Å². The van der Waals surface area contributed by atoms with Crippen LogP contribution in [0, 0.1) is 0 Å². The number of likely N-dealkylation sites (tertiary alicyclic amines) is 1. The molecule has 3 aliphatic rings. The van der Waals surface area contributed by atoms with Gasteiger partial charge in [-0.05, 0) is 44.0 Å². The molecule has 0 aromatic heterocycles. The molecule has 4 rings (SSSR count). The van der Waals surface area contributed by atoms with Gasteiger partial charge in [-0.3, -0.25) is 9.69 Å². The zero-order valence-electron chi connectivity index (χ0n) is 16.1. The molecular weight excluding hydrogens is 383 g/mol. The molecule has 1 aromatic rings. The van der Waals surface area contributed by atoms with Gasteiger partial charge in [0.25, 0.3) is 5.91 Å². The summed E-state index contributed by atoms with van der Waals surface area (Å²) in [6.07, 6.45) is 3.57. The van der Waals surface area contributed by atoms with E-state index in [-0.39, 0.29) is 30.7 Å². The van der Waals surface area contributed by atoms with Crippen LogP contribution in [0.25, 0.3) is 0 Å². The molecule has 1 aromatic carbocycles. The van der Waals surface area contributed by atoms with Gasteiger partial charge < -0.3 is 15.1 Å². The molecule has 2 atom stereocenters. The zero-order valence-corrected chi connectivity index (χ0v) is 17.7. The lowest BCUT2D eigenvalue weighted by Gasteiger charge is -2.32. The number of amides is 1. The number of hydrogen-bond donors (Lipinski definition) is 1. The third-order valence-corrected chi connectivity index (χ3v) is 6.01. The van der Waals surface area contributed by atoms with Crippen LogP contribution >= 0.6 is 24.8 Å². The number of hydrogen-bond acceptors (Lipinski definition) is 4. The van der Waals surface area contributed by atoms with E-state index in [1.807, 2.05) is 17.0 Å². The quantitative estimate of drug-likeness (QED) is 0.822. The monoisotopic (exact) mass is 414 g/mol. The first-order chi connectivity index (χ1) is 12.2. The summed E-state index contributed by atoms with van der Waals surface area (Å²) in [5.41, 5.74) is 2.14. The Hall–Kier alpha value is -0.850. The van der Waals surface area contributed by atoms with Crippen molar-refractivity contribution in [3.63, 3.8) is 0 Å². The van der Waals surface area contributed by atoms with Crippen molar-refractivity contribution in [3.05, 3.63) is 35.4 Å². The van der Waals surface area contributed by atoms with E-state index in [0.717, 1.165) is 57.8 Å². The normalized spacial score (nSPS) is 26.0. The molecule has 0 radical (unpaired) electrons. The van der Waals surface area contributed by atoms with E-state index in [1.54, 1.807) is 0 Å². The maximum Gasteiger partial charge on any atom is 0.253 e. The van der Waals surface area contributed by atoms with Crippen molar-refractivity contribution in [1.82, 2.24) is 20.0 Å². The molecule has 2 unspecified atom stereocenters. The van der Waals surface area contributed by atoms with Gasteiger partial charge in [0.1, 0.15) is 0 Å². The van der Waals surface area contributed by atoms with Gasteiger partial charge in [0.2, 0.25) is 0 Å². The SMILES string of the molecule is CN1CCN(Cc2ccc(C(=O)N3CCC4CCC(C3)N4)cc2)CC1.Cl.Cl. The average Bonchev–Trinajstić information content (AvgIpc) is 2.96. The van der Waals surface area contributed by atoms with Crippen LogP contribution in [0.5, 0.6) is 0 Å². The number of nitrogens with one attached hydrogen (secondary N) is 1. The van der Waals surface area contributed by atoms with Crippen molar-refractivity contribution < 1.29 is 4.79 Å². The lowest BCUT2D eigenvalue weighted by molar-refractivity contribution is 0.0748. The highest BCUT2D eigenvalue weighted by Gasteiger charge is 2.31. The predicted molar refractivity (Wildman–Crippen MR) is 114 cm³/mol. The summed E-state index contributed by atoms with van der Waals surface area (Å²) in [6, 6.07) is 9.41. The van der Waals surface area contributed by atoms with Gasteiger partial charge in [-0.1, -0.05) is 12.1 Å². The molecule has 3 saturated heterocycles. The third-order valence-electron chi connectivity index (χ3n) is 6.01. The molecular formula is C20H32Cl2N4O. The molecule has 0 spiro atoms. The lowest BCUT2D eigenvalue weighted by Crippen LogP contribution is -2.43. The number of benzene rings is 1. The largest absolute Gasteiger partial charge is 0.337 e. The van der Waals surface area contributed by atoms with E-state index in [1.165, 1.54) is 18.4 Å². The van der Waals surface area contributed by atoms with E-state index in [4.69, 9.17) is 0 Å². The average molecular weight is 415 g/mol. The number of carbonyl (C=O) groups excluding carboxylic acids is 1. The van der Waals surface area contributed by atoms with E-state index in [9.17, 15) is 4.79 Å². The minimum Gasteiger partial charge on any atom is -0.337 e. The number of halogens is 2. The first-order valence-electron chi connectivity index (χ1n) is 9.72. The number of fused-ring (bicyclic) bond motifs is 2. The standard InChI is InChI=1S/C20H30N4O.2ClH/c1-22-10-12-23(13-11-22)14-16-2-4-17(5-3-16)20(25)24-9-8-18-6-7-19(15-24)21-18;;/h2-5,18-19,21H,6-15H2,1H3;2*1H. The smallest absolute Gasteiger partial charge is 0.253 e. The number of piperazine rings is 1. The number of carbonyl (C=O) groups is 1. The Bertz CT molecular complexity index is 605. The summed E-state index contributed by atoms with van der Waals surface area (Å²) in [5, 5.41) is 3.64. The van der Waals surface area contributed by atoms with Gasteiger partial charge in [0.05, 0.1) is 0 Å². The Morgan fingerprint density at radius 3 is 2.33 bits per heavy atom. The Morgan fingerprint density at radius 1 is 0.963 bits per heavy atom. The number of likely N-dealkylation sites (N-methyl/N-ethyl adjacent to an activating group) is 1. The lowest BCUT2D eigenvalue weighted by atomic mass is 10.1. The summed E-state index contributed by atoms with van der Waals surface area (Å²) >= 11 is 0. The van der Waals surface area contributed by atoms with Crippen LogP contribution in [-0.4, -0.2) is 79.0 Å². The first kappa shape index (κ1) is 22.4. The fraction of sp³-hybridized carbons (Fsp3) is 0.650. The maximum absolute atomic E-state index is 12.8. The van der Waals surface area contributed by atoms with E-state index in [2.05, 4.69) is 34.3 Å². The van der Waals surface area contributed by atoms with Gasteiger partial charge in [-0.15, -0.1) is 24.8 Å². The fourth-order valence-electron chi connectivity index (χ4n) is 4.33. The number of rotatable bonds is 3. The third kappa shape index (κ3) is 5.58. The van der Waals surface area contributed by atoms with Gasteiger partial charge in [0, 0.05) is 63.5 Å². The fourth-order valence-corrected chi connectivity index (χ4v) is 4.33. The summed E-state index contributed by atoms with van der Waals surface area (Å²) in [4.78, 5) is 19.8. The Balaban J connectivity index is 0.00000131. The predicted octanol–water partition coefficient (Wildman–Crippen LogP) is 2.24. The minimum absolute atomic E-state index is 0. The van der Waals surface area contributed by atoms with Crippen molar-refractivity contribution in [1.29, 1.82) is 0 Å². The molecule has 5 nitrogen and oxygen atoms in total. The number of nitrogens with zero attached hydrogens (tertiary/aromatic N) is 3. The maximum atomic E-state index is 12.8. The topological polar surface area (TPSA) is 38.8 Å². The van der Waals surface area contributed by atoms with Crippen molar-refractivity contribution in [2.45, 2.75) is 37.9 Å². The Kier molecular flexibility index (Phi) is 8.38. The minimum atomic E-state index is 0. The van der Waals surface area contributed by atoms with Crippen LogP contribution in [0.4, 0.5) is 0 Å². The van der Waals surface area contributed by atoms with Crippen molar-refractivity contribution in [2.24, 2.45) is 0 Å². The van der Waals surface area contributed by atoms with Gasteiger partial charge in [-0.25, -0.2) is 0 Å². The second kappa shape index (κ2) is 10.1. The molecule has 3 aliphatic heterocycles. The van der Waals surface area contributed by atoms with Gasteiger partial charge in [0.15, 0.2) is 0 Å². The van der Waals surface area contributed by atoms with E-state index >= 15 is 0 Å². The van der Waals surface area contributed by atoms with Crippen LogP contribution in [0.1, 0.15) is 35.2 Å². The first-order valence-corrected chi connectivity index (χ1v) is 9.72. The molecule has 3 fully saturated rings. The highest BCUT2D eigenvalue weighted by atomic mass is 35.5. The highest BCUT2D eigenvalue weighted by molar-refractivity contribution is 5.94. The van der Waals surface area contributed by atoms with Crippen LogP contribution in [0.3, 0.4) is 0 Å². The second-order valence-electron chi connectivity index (χ2n) is 7.95.